The zero-order valence-electron chi connectivity index (χ0n) is 13.3. The fourth-order valence-corrected chi connectivity index (χ4v) is 3.08. The van der Waals surface area contributed by atoms with Crippen LogP contribution in [0.15, 0.2) is 56.7 Å². The van der Waals surface area contributed by atoms with Crippen molar-refractivity contribution < 1.29 is 9.21 Å². The minimum atomic E-state index is -0.0129. The van der Waals surface area contributed by atoms with Crippen LogP contribution in [0.4, 0.5) is 0 Å². The van der Waals surface area contributed by atoms with Crippen LogP contribution >= 0.6 is 15.9 Å². The molecule has 0 bridgehead atoms. The van der Waals surface area contributed by atoms with Crippen LogP contribution in [0.5, 0.6) is 0 Å². The second-order valence-corrected chi connectivity index (χ2v) is 6.84. The number of likely N-dealkylation sites (tertiary alicyclic amines) is 1. The number of amides is 1. The lowest BCUT2D eigenvalue weighted by molar-refractivity contribution is -0.126. The first-order chi connectivity index (χ1) is 11.7. The average molecular weight is 390 g/mol. The monoisotopic (exact) mass is 389 g/mol. The van der Waals surface area contributed by atoms with E-state index < -0.39 is 0 Å². The summed E-state index contributed by atoms with van der Waals surface area (Å²) in [6.07, 6.45) is 4.81. The van der Waals surface area contributed by atoms with Gasteiger partial charge in [0.15, 0.2) is 0 Å². The number of rotatable bonds is 5. The first kappa shape index (κ1) is 16.9. The molecule has 1 saturated heterocycles. The van der Waals surface area contributed by atoms with Gasteiger partial charge in [0.1, 0.15) is 5.76 Å². The van der Waals surface area contributed by atoms with Crippen molar-refractivity contribution in [2.45, 2.75) is 19.4 Å². The van der Waals surface area contributed by atoms with Gasteiger partial charge in [-0.25, -0.2) is 5.43 Å². The third-order valence-electron chi connectivity index (χ3n) is 4.19. The Morgan fingerprint density at radius 2 is 2.04 bits per heavy atom. The number of carbonyl (C=O) groups excluding carboxylic acids is 1. The zero-order chi connectivity index (χ0) is 16.8. The molecule has 5 nitrogen and oxygen atoms in total. The highest BCUT2D eigenvalue weighted by molar-refractivity contribution is 9.10. The number of hydrogen-bond acceptors (Lipinski definition) is 4. The van der Waals surface area contributed by atoms with Crippen molar-refractivity contribution in [1.29, 1.82) is 0 Å². The summed E-state index contributed by atoms with van der Waals surface area (Å²) in [5.41, 5.74) is 3.90. The number of hydrazone groups is 1. The minimum Gasteiger partial charge on any atom is -0.463 e. The van der Waals surface area contributed by atoms with Crippen LogP contribution in [0.3, 0.4) is 0 Å². The highest BCUT2D eigenvalue weighted by Crippen LogP contribution is 2.20. The van der Waals surface area contributed by atoms with E-state index >= 15 is 0 Å². The van der Waals surface area contributed by atoms with E-state index in [2.05, 4.69) is 55.6 Å². The van der Waals surface area contributed by atoms with Crippen molar-refractivity contribution >= 4 is 28.1 Å². The first-order valence-electron chi connectivity index (χ1n) is 8.04. The van der Waals surface area contributed by atoms with E-state index in [-0.39, 0.29) is 11.8 Å². The first-order valence-corrected chi connectivity index (χ1v) is 8.83. The highest BCUT2D eigenvalue weighted by Gasteiger charge is 2.24. The predicted molar refractivity (Wildman–Crippen MR) is 96.6 cm³/mol. The van der Waals surface area contributed by atoms with Crippen LogP contribution in [0, 0.1) is 5.92 Å². The number of piperidine rings is 1. The third-order valence-corrected chi connectivity index (χ3v) is 4.72. The molecular weight excluding hydrogens is 370 g/mol. The second kappa shape index (κ2) is 8.26. The van der Waals surface area contributed by atoms with Crippen LogP contribution in [-0.4, -0.2) is 30.1 Å². The summed E-state index contributed by atoms with van der Waals surface area (Å²) in [7, 11) is 0. The van der Waals surface area contributed by atoms with E-state index in [0.29, 0.717) is 5.76 Å². The molecule has 2 heterocycles. The van der Waals surface area contributed by atoms with Gasteiger partial charge in [-0.05, 0) is 55.8 Å². The van der Waals surface area contributed by atoms with Crippen LogP contribution in [0.25, 0.3) is 0 Å². The summed E-state index contributed by atoms with van der Waals surface area (Å²) in [6, 6.07) is 12.0. The van der Waals surface area contributed by atoms with Gasteiger partial charge in [0.05, 0.1) is 12.5 Å². The zero-order valence-corrected chi connectivity index (χ0v) is 14.9. The van der Waals surface area contributed by atoms with Gasteiger partial charge in [-0.3, -0.25) is 9.69 Å². The third kappa shape index (κ3) is 4.79. The Bertz CT molecular complexity index is 675. The molecule has 1 amide bonds. The molecule has 1 aromatic carbocycles. The Balaban J connectivity index is 1.42. The fraction of sp³-hybridized carbons (Fsp3) is 0.333. The molecule has 2 aromatic rings. The maximum atomic E-state index is 12.1. The maximum absolute atomic E-state index is 12.1. The van der Waals surface area contributed by atoms with Crippen LogP contribution < -0.4 is 5.43 Å². The maximum Gasteiger partial charge on any atom is 0.243 e. The lowest BCUT2D eigenvalue weighted by Gasteiger charge is -2.30. The number of hydrogen-bond donors (Lipinski definition) is 1. The number of nitrogens with zero attached hydrogens (tertiary/aromatic N) is 2. The quantitative estimate of drug-likeness (QED) is 0.629. The van der Waals surface area contributed by atoms with Gasteiger partial charge in [0.25, 0.3) is 0 Å². The normalized spacial score (nSPS) is 16.5. The molecule has 6 heteroatoms. The molecular formula is C18H20BrN3O2. The number of nitrogens with one attached hydrogen (secondary N) is 1. The molecule has 0 saturated carbocycles. The Morgan fingerprint density at radius 3 is 2.71 bits per heavy atom. The average Bonchev–Trinajstić information content (AvgIpc) is 3.11. The molecule has 0 radical (unpaired) electrons. The van der Waals surface area contributed by atoms with Gasteiger partial charge >= 0.3 is 0 Å². The predicted octanol–water partition coefficient (Wildman–Crippen LogP) is 3.40. The second-order valence-electron chi connectivity index (χ2n) is 5.93. The van der Waals surface area contributed by atoms with Crippen LogP contribution in [0.1, 0.15) is 24.2 Å². The highest BCUT2D eigenvalue weighted by atomic mass is 79.9. The molecule has 126 valence electrons. The Kier molecular flexibility index (Phi) is 5.82. The van der Waals surface area contributed by atoms with E-state index in [0.717, 1.165) is 36.9 Å². The SMILES string of the molecule is O=C(NN=Cc1ccco1)C1CCN(Cc2ccc(Br)cc2)CC1. The van der Waals surface area contributed by atoms with Crippen molar-refractivity contribution in [3.63, 3.8) is 0 Å². The van der Waals surface area contributed by atoms with Gasteiger partial charge in [-0.2, -0.15) is 5.10 Å². The molecule has 1 aliphatic heterocycles. The smallest absolute Gasteiger partial charge is 0.243 e. The number of benzene rings is 1. The molecule has 0 unspecified atom stereocenters. The number of furan rings is 1. The Morgan fingerprint density at radius 1 is 1.29 bits per heavy atom. The summed E-state index contributed by atoms with van der Waals surface area (Å²) in [5.74, 6) is 0.639. The molecule has 0 spiro atoms. The summed E-state index contributed by atoms with van der Waals surface area (Å²) in [5, 5.41) is 3.95. The topological polar surface area (TPSA) is 57.8 Å². The Labute approximate surface area is 149 Å². The van der Waals surface area contributed by atoms with E-state index in [9.17, 15) is 4.79 Å². The number of carbonyl (C=O) groups is 1. The van der Waals surface area contributed by atoms with Crippen molar-refractivity contribution in [2.75, 3.05) is 13.1 Å². The van der Waals surface area contributed by atoms with Crippen molar-refractivity contribution in [3.05, 3.63) is 58.5 Å². The summed E-state index contributed by atoms with van der Waals surface area (Å²) >= 11 is 3.45. The van der Waals surface area contributed by atoms with E-state index in [1.165, 1.54) is 11.8 Å². The van der Waals surface area contributed by atoms with Gasteiger partial charge < -0.3 is 4.42 Å². The lowest BCUT2D eigenvalue weighted by Crippen LogP contribution is -2.39. The largest absolute Gasteiger partial charge is 0.463 e. The molecule has 3 rings (SSSR count). The molecule has 1 N–H and O–H groups in total. The van der Waals surface area contributed by atoms with Gasteiger partial charge in [0.2, 0.25) is 5.91 Å². The molecule has 0 atom stereocenters. The van der Waals surface area contributed by atoms with E-state index in [1.54, 1.807) is 18.4 Å². The van der Waals surface area contributed by atoms with E-state index in [4.69, 9.17) is 4.42 Å². The summed E-state index contributed by atoms with van der Waals surface area (Å²) in [6.45, 7) is 2.78. The summed E-state index contributed by atoms with van der Waals surface area (Å²) in [4.78, 5) is 14.5. The standard InChI is InChI=1S/C18H20BrN3O2/c19-16-5-3-14(4-6-16)13-22-9-7-15(8-10-22)18(23)21-20-12-17-2-1-11-24-17/h1-6,11-12,15H,7-10,13H2,(H,21,23). The van der Waals surface area contributed by atoms with Crippen molar-refractivity contribution in [2.24, 2.45) is 11.0 Å². The van der Waals surface area contributed by atoms with Gasteiger partial charge in [-0.1, -0.05) is 28.1 Å². The van der Waals surface area contributed by atoms with Gasteiger partial charge in [-0.15, -0.1) is 0 Å². The fourth-order valence-electron chi connectivity index (χ4n) is 2.82. The molecule has 24 heavy (non-hydrogen) atoms. The lowest BCUT2D eigenvalue weighted by atomic mass is 9.96. The minimum absolute atomic E-state index is 0.0129. The van der Waals surface area contributed by atoms with Crippen LogP contribution in [0.2, 0.25) is 0 Å². The molecule has 1 aliphatic rings. The van der Waals surface area contributed by atoms with Crippen LogP contribution in [-0.2, 0) is 11.3 Å². The summed E-state index contributed by atoms with van der Waals surface area (Å²) < 4.78 is 6.22. The van der Waals surface area contributed by atoms with Gasteiger partial charge in [0, 0.05) is 16.9 Å². The van der Waals surface area contributed by atoms with Crippen molar-refractivity contribution in [3.8, 4) is 0 Å². The van der Waals surface area contributed by atoms with E-state index in [1.807, 2.05) is 0 Å². The Hall–Kier alpha value is -1.92. The molecule has 1 fully saturated rings. The van der Waals surface area contributed by atoms with Crippen molar-refractivity contribution in [1.82, 2.24) is 10.3 Å². The molecule has 0 aliphatic carbocycles. The molecule has 1 aromatic heterocycles. The number of halogens is 1.